The van der Waals surface area contributed by atoms with E-state index >= 15 is 0 Å². The third-order valence-electron chi connectivity index (χ3n) is 4.66. The van der Waals surface area contributed by atoms with Crippen LogP contribution in [0.1, 0.15) is 25.7 Å². The van der Waals surface area contributed by atoms with Crippen LogP contribution in [0.4, 0.5) is 28.9 Å². The number of hydrogen-bond acceptors (Lipinski definition) is 7. The summed E-state index contributed by atoms with van der Waals surface area (Å²) in [5.41, 5.74) is 1.52. The number of nitrogens with zero attached hydrogens (tertiary/aromatic N) is 1. The first-order valence-corrected chi connectivity index (χ1v) is 10.5. The highest BCUT2D eigenvalue weighted by atomic mass is 32.1. The van der Waals surface area contributed by atoms with Crippen LogP contribution in [0, 0.1) is 0 Å². The summed E-state index contributed by atoms with van der Waals surface area (Å²) >= 11 is 1.13. The van der Waals surface area contributed by atoms with Crippen molar-refractivity contribution in [2.75, 3.05) is 17.7 Å². The average molecular weight is 496 g/mol. The second-order valence-corrected chi connectivity index (χ2v) is 7.91. The topological polar surface area (TPSA) is 102 Å². The van der Waals surface area contributed by atoms with Crippen LogP contribution in [-0.2, 0) is 6.54 Å². The fourth-order valence-corrected chi connectivity index (χ4v) is 3.76. The van der Waals surface area contributed by atoms with Gasteiger partial charge in [-0.3, -0.25) is 14.6 Å². The molecule has 2 aromatic heterocycles. The van der Waals surface area contributed by atoms with Gasteiger partial charge in [0.2, 0.25) is 0 Å². The molecule has 3 N–H and O–H groups in total. The predicted octanol–water partition coefficient (Wildman–Crippen LogP) is 4.32. The largest absolute Gasteiger partial charge is 0.507 e. The molecule has 4 rings (SSSR count). The minimum atomic E-state index is -4.86. The Kier molecular flexibility index (Phi) is 6.04. The van der Waals surface area contributed by atoms with Crippen molar-refractivity contribution in [2.45, 2.75) is 18.8 Å². The lowest BCUT2D eigenvalue weighted by atomic mass is 10.2. The second-order valence-electron chi connectivity index (χ2n) is 7.00. The van der Waals surface area contributed by atoms with Gasteiger partial charge in [-0.15, -0.1) is 11.3 Å². The van der Waals surface area contributed by atoms with E-state index in [1.165, 1.54) is 19.3 Å². The Morgan fingerprint density at radius 3 is 2.47 bits per heavy atom. The predicted molar refractivity (Wildman–Crippen MR) is 115 cm³/mol. The van der Waals surface area contributed by atoms with Crippen LogP contribution in [0.2, 0.25) is 0 Å². The van der Waals surface area contributed by atoms with E-state index in [-0.39, 0.29) is 28.7 Å². The molecule has 0 unspecified atom stereocenters. The fourth-order valence-electron chi connectivity index (χ4n) is 2.99. The highest BCUT2D eigenvalue weighted by molar-refractivity contribution is 7.12. The van der Waals surface area contributed by atoms with Crippen molar-refractivity contribution in [3.8, 4) is 11.5 Å². The molecule has 178 valence electrons. The van der Waals surface area contributed by atoms with E-state index in [1.54, 1.807) is 23.6 Å². The Labute approximate surface area is 193 Å². The standard InChI is InChI=1S/C21H16F4N4O4S/c1-26-18(30)14-8-11(4-6-27-14)10-28-13-5-7-34-17(13)19(31)29-12-2-3-15-16(9-12)33-21(24,25)20(22,23)32-15/h2-9,28H,10H2,1H3,(H,26,30)(H,29,31). The Balaban J connectivity index is 1.45. The highest BCUT2D eigenvalue weighted by Gasteiger charge is 2.65. The van der Waals surface area contributed by atoms with Gasteiger partial charge in [0.1, 0.15) is 10.6 Å². The number of carbonyl (C=O) groups excluding carboxylic acids is 2. The molecular formula is C21H16F4N4O4S. The minimum absolute atomic E-state index is 0.0390. The number of ether oxygens (including phenoxy) is 2. The third kappa shape index (κ3) is 4.59. The number of pyridine rings is 1. The number of carbonyl (C=O) groups is 2. The van der Waals surface area contributed by atoms with Gasteiger partial charge < -0.3 is 25.4 Å². The van der Waals surface area contributed by atoms with Gasteiger partial charge in [-0.05, 0) is 41.3 Å². The monoisotopic (exact) mass is 496 g/mol. The van der Waals surface area contributed by atoms with Crippen molar-refractivity contribution in [1.82, 2.24) is 10.3 Å². The van der Waals surface area contributed by atoms with Gasteiger partial charge in [0.05, 0.1) is 5.69 Å². The number of thiophene rings is 1. The molecule has 2 amide bonds. The van der Waals surface area contributed by atoms with Crippen molar-refractivity contribution in [3.05, 3.63) is 64.1 Å². The zero-order valence-corrected chi connectivity index (χ0v) is 18.1. The van der Waals surface area contributed by atoms with E-state index in [1.807, 2.05) is 0 Å². The summed E-state index contributed by atoms with van der Waals surface area (Å²) < 4.78 is 61.5. The minimum Gasteiger partial charge on any atom is -0.421 e. The summed E-state index contributed by atoms with van der Waals surface area (Å²) in [6, 6.07) is 8.17. The summed E-state index contributed by atoms with van der Waals surface area (Å²) in [6.45, 7) is 0.289. The van der Waals surface area contributed by atoms with Crippen LogP contribution in [0.5, 0.6) is 11.5 Å². The molecule has 0 saturated heterocycles. The number of anilines is 2. The van der Waals surface area contributed by atoms with Gasteiger partial charge in [0.25, 0.3) is 11.8 Å². The molecule has 13 heteroatoms. The summed E-state index contributed by atoms with van der Waals surface area (Å²) in [5.74, 6) is -2.12. The zero-order chi connectivity index (χ0) is 24.5. The lowest BCUT2D eigenvalue weighted by Crippen LogP contribution is -2.52. The van der Waals surface area contributed by atoms with E-state index in [2.05, 4.69) is 30.4 Å². The molecule has 0 atom stereocenters. The molecular weight excluding hydrogens is 480 g/mol. The van der Waals surface area contributed by atoms with E-state index in [0.29, 0.717) is 5.69 Å². The number of halogens is 4. The average Bonchev–Trinajstić information content (AvgIpc) is 3.27. The maximum atomic E-state index is 13.4. The van der Waals surface area contributed by atoms with Crippen molar-refractivity contribution < 1.29 is 36.6 Å². The zero-order valence-electron chi connectivity index (χ0n) is 17.3. The summed E-state index contributed by atoms with van der Waals surface area (Å²) in [5, 5.41) is 9.76. The summed E-state index contributed by atoms with van der Waals surface area (Å²) in [4.78, 5) is 28.7. The number of hydrogen-bond donors (Lipinski definition) is 3. The van der Waals surface area contributed by atoms with E-state index < -0.39 is 29.6 Å². The van der Waals surface area contributed by atoms with Crippen LogP contribution in [-0.4, -0.2) is 36.1 Å². The van der Waals surface area contributed by atoms with Gasteiger partial charge in [0, 0.05) is 31.5 Å². The van der Waals surface area contributed by atoms with Crippen molar-refractivity contribution in [2.24, 2.45) is 0 Å². The van der Waals surface area contributed by atoms with E-state index in [4.69, 9.17) is 0 Å². The van der Waals surface area contributed by atoms with Gasteiger partial charge in [-0.1, -0.05) is 0 Å². The maximum Gasteiger partial charge on any atom is 0.507 e. The first kappa shape index (κ1) is 23.3. The molecule has 3 heterocycles. The molecule has 3 aromatic rings. The maximum absolute atomic E-state index is 13.4. The first-order chi connectivity index (χ1) is 16.1. The second kappa shape index (κ2) is 8.82. The molecule has 0 spiro atoms. The first-order valence-electron chi connectivity index (χ1n) is 9.67. The van der Waals surface area contributed by atoms with E-state index in [9.17, 15) is 27.2 Å². The SMILES string of the molecule is CNC(=O)c1cc(CNc2ccsc2C(=O)Nc2ccc3c(c2)OC(F)(F)C(F)(F)O3)ccn1. The summed E-state index contributed by atoms with van der Waals surface area (Å²) in [7, 11) is 1.49. The Bertz CT molecular complexity index is 1250. The Morgan fingerprint density at radius 2 is 1.74 bits per heavy atom. The third-order valence-corrected chi connectivity index (χ3v) is 5.57. The molecule has 0 aliphatic carbocycles. The van der Waals surface area contributed by atoms with Crippen LogP contribution in [0.25, 0.3) is 0 Å². The van der Waals surface area contributed by atoms with Gasteiger partial charge in [-0.25, -0.2) is 0 Å². The molecule has 0 radical (unpaired) electrons. The van der Waals surface area contributed by atoms with E-state index in [0.717, 1.165) is 29.0 Å². The van der Waals surface area contributed by atoms with Crippen molar-refractivity contribution in [3.63, 3.8) is 0 Å². The number of alkyl halides is 4. The molecule has 34 heavy (non-hydrogen) atoms. The number of amides is 2. The highest BCUT2D eigenvalue weighted by Crippen LogP contribution is 2.47. The normalized spacial score (nSPS) is 15.3. The molecule has 0 bridgehead atoms. The number of benzene rings is 1. The lowest BCUT2D eigenvalue weighted by Gasteiger charge is -2.31. The molecule has 1 aliphatic rings. The molecule has 0 saturated carbocycles. The number of rotatable bonds is 6. The molecule has 8 nitrogen and oxygen atoms in total. The van der Waals surface area contributed by atoms with Crippen LogP contribution in [0.15, 0.2) is 48.0 Å². The number of nitrogens with one attached hydrogen (secondary N) is 3. The fraction of sp³-hybridized carbons (Fsp3) is 0.190. The molecule has 1 aliphatic heterocycles. The smallest absolute Gasteiger partial charge is 0.421 e. The Morgan fingerprint density at radius 1 is 1.00 bits per heavy atom. The van der Waals surface area contributed by atoms with Gasteiger partial charge >= 0.3 is 12.2 Å². The van der Waals surface area contributed by atoms with Crippen molar-refractivity contribution in [1.29, 1.82) is 0 Å². The Hall–Kier alpha value is -3.87. The summed E-state index contributed by atoms with van der Waals surface area (Å²) in [6.07, 6.45) is -8.19. The lowest BCUT2D eigenvalue weighted by molar-refractivity contribution is -0.391. The van der Waals surface area contributed by atoms with Gasteiger partial charge in [-0.2, -0.15) is 17.6 Å². The van der Waals surface area contributed by atoms with Gasteiger partial charge in [0.15, 0.2) is 11.5 Å². The van der Waals surface area contributed by atoms with Crippen molar-refractivity contribution >= 4 is 34.5 Å². The number of aromatic nitrogens is 1. The molecule has 0 fully saturated rings. The molecule has 1 aromatic carbocycles. The number of fused-ring (bicyclic) bond motifs is 1. The van der Waals surface area contributed by atoms with Crippen LogP contribution in [0.3, 0.4) is 0 Å². The van der Waals surface area contributed by atoms with Crippen LogP contribution >= 0.6 is 11.3 Å². The van der Waals surface area contributed by atoms with Crippen LogP contribution < -0.4 is 25.4 Å². The quantitative estimate of drug-likeness (QED) is 0.440.